The van der Waals surface area contributed by atoms with Crippen molar-refractivity contribution in [3.8, 4) is 0 Å². The summed E-state index contributed by atoms with van der Waals surface area (Å²) in [5.41, 5.74) is 1.06. The fraction of sp³-hybridized carbons (Fsp3) is 0.143. The Morgan fingerprint density at radius 3 is 2.59 bits per heavy atom. The van der Waals surface area contributed by atoms with E-state index in [9.17, 15) is 9.59 Å². The fourth-order valence-electron chi connectivity index (χ4n) is 1.59. The maximum atomic E-state index is 11.7. The molecule has 0 aliphatic carbocycles. The number of urea groups is 1. The summed E-state index contributed by atoms with van der Waals surface area (Å²) < 4.78 is 0. The third-order valence-corrected chi connectivity index (χ3v) is 2.91. The minimum Gasteiger partial charge on any atom is -0.337 e. The fourth-order valence-corrected chi connectivity index (χ4v) is 1.76. The molecule has 0 saturated heterocycles. The third-order valence-electron chi connectivity index (χ3n) is 2.61. The first-order chi connectivity index (χ1) is 10.6. The van der Waals surface area contributed by atoms with Crippen LogP contribution < -0.4 is 16.0 Å². The van der Waals surface area contributed by atoms with Gasteiger partial charge in [-0.3, -0.25) is 9.78 Å². The molecule has 2 aromatic heterocycles. The second kappa shape index (κ2) is 7.94. The third kappa shape index (κ3) is 5.02. The van der Waals surface area contributed by atoms with Gasteiger partial charge in [-0.2, -0.15) is 0 Å². The topological polar surface area (TPSA) is 96.0 Å². The average Bonchev–Trinajstić information content (AvgIpc) is 2.50. The Bertz CT molecular complexity index is 651. The van der Waals surface area contributed by atoms with Crippen LogP contribution in [0.15, 0.2) is 42.9 Å². The zero-order chi connectivity index (χ0) is 15.8. The largest absolute Gasteiger partial charge is 0.337 e. The molecule has 0 aliphatic heterocycles. The first kappa shape index (κ1) is 15.7. The predicted molar refractivity (Wildman–Crippen MR) is 83.8 cm³/mol. The number of carbonyl (C=O) groups excluding carboxylic acids is 2. The maximum Gasteiger partial charge on any atom is 0.319 e. The molecule has 0 fully saturated rings. The molecule has 0 aliphatic rings. The quantitative estimate of drug-likeness (QED) is 0.737. The lowest BCUT2D eigenvalue weighted by Crippen LogP contribution is -2.31. The van der Waals surface area contributed by atoms with Gasteiger partial charge < -0.3 is 16.0 Å². The summed E-state index contributed by atoms with van der Waals surface area (Å²) in [6, 6.07) is 6.20. The summed E-state index contributed by atoms with van der Waals surface area (Å²) in [6.07, 6.45) is 4.84. The number of nitrogens with zero attached hydrogens (tertiary/aromatic N) is 2. The van der Waals surface area contributed by atoms with Crippen LogP contribution in [0, 0.1) is 0 Å². The van der Waals surface area contributed by atoms with Crippen molar-refractivity contribution in [2.45, 2.75) is 6.42 Å². The highest BCUT2D eigenvalue weighted by molar-refractivity contribution is 6.32. The van der Waals surface area contributed by atoms with Gasteiger partial charge in [0.05, 0.1) is 5.69 Å². The Labute approximate surface area is 132 Å². The van der Waals surface area contributed by atoms with Crippen molar-refractivity contribution in [2.24, 2.45) is 0 Å². The number of amides is 3. The van der Waals surface area contributed by atoms with Gasteiger partial charge in [-0.05, 0) is 24.3 Å². The van der Waals surface area contributed by atoms with Crippen molar-refractivity contribution in [1.29, 1.82) is 0 Å². The first-order valence-corrected chi connectivity index (χ1v) is 6.88. The molecule has 114 valence electrons. The van der Waals surface area contributed by atoms with Crippen molar-refractivity contribution in [3.63, 3.8) is 0 Å². The molecular weight excluding hydrogens is 306 g/mol. The average molecular weight is 320 g/mol. The Morgan fingerprint density at radius 1 is 1.09 bits per heavy atom. The Kier molecular flexibility index (Phi) is 5.67. The Morgan fingerprint density at radius 2 is 1.86 bits per heavy atom. The highest BCUT2D eigenvalue weighted by Gasteiger charge is 2.07. The van der Waals surface area contributed by atoms with E-state index in [4.69, 9.17) is 11.6 Å². The summed E-state index contributed by atoms with van der Waals surface area (Å²) >= 11 is 5.82. The van der Waals surface area contributed by atoms with Gasteiger partial charge in [-0.15, -0.1) is 0 Å². The molecule has 22 heavy (non-hydrogen) atoms. The molecule has 0 atom stereocenters. The number of hydrogen-bond donors (Lipinski definition) is 3. The molecule has 0 spiro atoms. The van der Waals surface area contributed by atoms with Crippen LogP contribution >= 0.6 is 11.6 Å². The zero-order valence-corrected chi connectivity index (χ0v) is 12.3. The summed E-state index contributed by atoms with van der Waals surface area (Å²) in [4.78, 5) is 31.0. The van der Waals surface area contributed by atoms with Crippen LogP contribution in [-0.2, 0) is 4.79 Å². The minimum atomic E-state index is -0.452. The Balaban J connectivity index is 1.71. The molecule has 0 saturated carbocycles. The van der Waals surface area contributed by atoms with Crippen LogP contribution in [0.2, 0.25) is 5.15 Å². The first-order valence-electron chi connectivity index (χ1n) is 6.50. The predicted octanol–water partition coefficient (Wildman–Crippen LogP) is 2.28. The molecule has 0 bridgehead atoms. The van der Waals surface area contributed by atoms with E-state index >= 15 is 0 Å². The molecule has 0 radical (unpaired) electrons. The van der Waals surface area contributed by atoms with Crippen LogP contribution in [0.4, 0.5) is 16.2 Å². The van der Waals surface area contributed by atoms with Gasteiger partial charge >= 0.3 is 6.03 Å². The highest BCUT2D eigenvalue weighted by atomic mass is 35.5. The molecular formula is C14H14ClN5O2. The number of carbonyl (C=O) groups is 2. The van der Waals surface area contributed by atoms with E-state index in [2.05, 4.69) is 25.9 Å². The van der Waals surface area contributed by atoms with Crippen molar-refractivity contribution in [2.75, 3.05) is 17.2 Å². The summed E-state index contributed by atoms with van der Waals surface area (Å²) in [7, 11) is 0. The van der Waals surface area contributed by atoms with Crippen molar-refractivity contribution >= 4 is 34.9 Å². The molecule has 2 heterocycles. The minimum absolute atomic E-state index is 0.149. The number of aromatic nitrogens is 2. The van der Waals surface area contributed by atoms with E-state index in [-0.39, 0.29) is 24.0 Å². The lowest BCUT2D eigenvalue weighted by molar-refractivity contribution is -0.116. The second-order valence-electron chi connectivity index (χ2n) is 4.26. The van der Waals surface area contributed by atoms with Crippen LogP contribution in [0.25, 0.3) is 0 Å². The lowest BCUT2D eigenvalue weighted by Gasteiger charge is -2.08. The highest BCUT2D eigenvalue weighted by Crippen LogP contribution is 2.16. The number of nitrogens with one attached hydrogen (secondary N) is 3. The van der Waals surface area contributed by atoms with E-state index in [0.29, 0.717) is 11.4 Å². The number of hydrogen-bond acceptors (Lipinski definition) is 4. The van der Waals surface area contributed by atoms with E-state index in [1.54, 1.807) is 36.7 Å². The number of halogens is 1. The van der Waals surface area contributed by atoms with Gasteiger partial charge in [0.2, 0.25) is 5.91 Å². The SMILES string of the molecule is O=C(CCNC(=O)Nc1cccnc1Cl)Nc1ccncc1. The van der Waals surface area contributed by atoms with E-state index in [1.165, 1.54) is 6.20 Å². The summed E-state index contributed by atoms with van der Waals surface area (Å²) in [5.74, 6) is -0.203. The van der Waals surface area contributed by atoms with Gasteiger partial charge in [0.1, 0.15) is 0 Å². The van der Waals surface area contributed by atoms with Crippen molar-refractivity contribution < 1.29 is 9.59 Å². The lowest BCUT2D eigenvalue weighted by atomic mass is 10.3. The smallest absolute Gasteiger partial charge is 0.319 e. The standard InChI is InChI=1S/C14H14ClN5O2/c15-13-11(2-1-6-17-13)20-14(22)18-9-5-12(21)19-10-3-7-16-8-4-10/h1-4,6-8H,5,9H2,(H,16,19,21)(H2,18,20,22). The maximum absolute atomic E-state index is 11.7. The number of pyridine rings is 2. The summed E-state index contributed by atoms with van der Waals surface area (Å²) in [5, 5.41) is 8.01. The molecule has 0 unspecified atom stereocenters. The van der Waals surface area contributed by atoms with Gasteiger partial charge in [0, 0.05) is 37.2 Å². The van der Waals surface area contributed by atoms with Gasteiger partial charge in [0.25, 0.3) is 0 Å². The normalized spacial score (nSPS) is 9.86. The van der Waals surface area contributed by atoms with Crippen molar-refractivity contribution in [1.82, 2.24) is 15.3 Å². The molecule has 3 N–H and O–H groups in total. The summed E-state index contributed by atoms with van der Waals surface area (Å²) in [6.45, 7) is 0.195. The molecule has 2 aromatic rings. The van der Waals surface area contributed by atoms with E-state index < -0.39 is 6.03 Å². The van der Waals surface area contributed by atoms with Gasteiger partial charge in [0.15, 0.2) is 5.15 Å². The van der Waals surface area contributed by atoms with Gasteiger partial charge in [-0.25, -0.2) is 9.78 Å². The molecule has 3 amide bonds. The molecule has 7 nitrogen and oxygen atoms in total. The molecule has 2 rings (SSSR count). The van der Waals surface area contributed by atoms with Crippen LogP contribution in [0.3, 0.4) is 0 Å². The van der Waals surface area contributed by atoms with E-state index in [1.807, 2.05) is 0 Å². The molecule has 8 heteroatoms. The zero-order valence-electron chi connectivity index (χ0n) is 11.5. The number of anilines is 2. The van der Waals surface area contributed by atoms with E-state index in [0.717, 1.165) is 0 Å². The van der Waals surface area contributed by atoms with Gasteiger partial charge in [-0.1, -0.05) is 11.6 Å². The monoisotopic (exact) mass is 319 g/mol. The Hall–Kier alpha value is -2.67. The molecule has 0 aromatic carbocycles. The van der Waals surface area contributed by atoms with Crippen LogP contribution in [-0.4, -0.2) is 28.5 Å². The van der Waals surface area contributed by atoms with Crippen LogP contribution in [0.5, 0.6) is 0 Å². The second-order valence-corrected chi connectivity index (χ2v) is 4.61. The number of rotatable bonds is 5. The van der Waals surface area contributed by atoms with Crippen molar-refractivity contribution in [3.05, 3.63) is 48.0 Å². The van der Waals surface area contributed by atoms with Crippen LogP contribution in [0.1, 0.15) is 6.42 Å².